The summed E-state index contributed by atoms with van der Waals surface area (Å²) >= 11 is 0. The fourth-order valence-corrected chi connectivity index (χ4v) is 2.66. The van der Waals surface area contributed by atoms with Gasteiger partial charge in [0, 0.05) is 12.8 Å². The van der Waals surface area contributed by atoms with Gasteiger partial charge in [0.25, 0.3) is 0 Å². The highest BCUT2D eigenvalue weighted by atomic mass is 19.2. The Kier molecular flexibility index (Phi) is 6.58. The van der Waals surface area contributed by atoms with Crippen LogP contribution >= 0.6 is 0 Å². The zero-order valence-electron chi connectivity index (χ0n) is 16.3. The van der Waals surface area contributed by atoms with Gasteiger partial charge < -0.3 is 19.6 Å². The third kappa shape index (κ3) is 5.40. The van der Waals surface area contributed by atoms with E-state index in [4.69, 9.17) is 14.3 Å². The van der Waals surface area contributed by atoms with Crippen molar-refractivity contribution >= 4 is 17.8 Å². The molecule has 1 amide bonds. The van der Waals surface area contributed by atoms with Crippen LogP contribution in [-0.4, -0.2) is 42.1 Å². The molecular weight excluding hydrogens is 374 g/mol. The fourth-order valence-electron chi connectivity index (χ4n) is 2.66. The van der Waals surface area contributed by atoms with Crippen LogP contribution in [0.4, 0.5) is 13.6 Å². The quantitative estimate of drug-likeness (QED) is 0.744. The number of ether oxygens (including phenoxy) is 2. The van der Waals surface area contributed by atoms with Crippen LogP contribution in [0.3, 0.4) is 0 Å². The topological polar surface area (TPSA) is 86.2 Å². The van der Waals surface area contributed by atoms with Gasteiger partial charge in [-0.25, -0.2) is 18.4 Å². The number of nitrogens with zero attached hydrogens (tertiary/aromatic N) is 1. The molecule has 1 aliphatic rings. The van der Waals surface area contributed by atoms with Gasteiger partial charge in [0.15, 0.2) is 11.6 Å². The lowest BCUT2D eigenvalue weighted by Gasteiger charge is -2.24. The first kappa shape index (κ1) is 21.6. The van der Waals surface area contributed by atoms with Crippen LogP contribution in [0.25, 0.3) is 0 Å². The molecule has 9 heteroatoms. The zero-order valence-corrected chi connectivity index (χ0v) is 16.3. The molecule has 0 spiro atoms. The van der Waals surface area contributed by atoms with Gasteiger partial charge in [0.2, 0.25) is 5.60 Å². The zero-order chi connectivity index (χ0) is 20.9. The minimum absolute atomic E-state index is 0.0261. The first-order valence-corrected chi connectivity index (χ1v) is 8.87. The number of carbonyl (C=O) groups excluding carboxylic acids is 2. The fraction of sp³-hybridized carbons (Fsp3) is 0.526. The van der Waals surface area contributed by atoms with Crippen LogP contribution in [0.2, 0.25) is 0 Å². The number of hydrogen-bond donors (Lipinski definition) is 1. The van der Waals surface area contributed by atoms with Crippen molar-refractivity contribution in [2.24, 2.45) is 5.16 Å². The Morgan fingerprint density at radius 2 is 2.04 bits per heavy atom. The smallest absolute Gasteiger partial charge is 0.407 e. The summed E-state index contributed by atoms with van der Waals surface area (Å²) in [5.41, 5.74) is -1.99. The monoisotopic (exact) mass is 398 g/mol. The molecule has 28 heavy (non-hydrogen) atoms. The summed E-state index contributed by atoms with van der Waals surface area (Å²) in [6, 6.07) is 3.69. The molecular formula is C19H24F2N2O5. The highest BCUT2D eigenvalue weighted by Crippen LogP contribution is 2.31. The summed E-state index contributed by atoms with van der Waals surface area (Å²) < 4.78 is 37.8. The number of rotatable bonds is 6. The number of amides is 1. The number of oxime groups is 1. The largest absolute Gasteiger partial charge is 0.463 e. The van der Waals surface area contributed by atoms with Gasteiger partial charge >= 0.3 is 12.1 Å². The molecule has 154 valence electrons. The Labute approximate surface area is 162 Å². The van der Waals surface area contributed by atoms with E-state index >= 15 is 0 Å². The molecule has 0 aromatic heterocycles. The van der Waals surface area contributed by atoms with Gasteiger partial charge in [-0.05, 0) is 39.3 Å². The number of halogens is 2. The van der Waals surface area contributed by atoms with Crippen molar-refractivity contribution in [3.8, 4) is 0 Å². The Balaban J connectivity index is 2.11. The molecule has 1 unspecified atom stereocenters. The van der Waals surface area contributed by atoms with Crippen LogP contribution in [-0.2, 0) is 25.5 Å². The van der Waals surface area contributed by atoms with E-state index in [0.717, 1.165) is 6.07 Å². The Hall–Kier alpha value is -2.71. The Morgan fingerprint density at radius 1 is 1.32 bits per heavy atom. The molecule has 1 aromatic rings. The standard InChI is InChI=1S/C19H24F2N2O5/c1-5-26-16(24)19(9-12-7-6-8-14(20)15(12)21)10-13(23-28-19)11-22-17(25)27-18(2,3)4/h6-8H,5,9-11H2,1-4H3,(H,22,25). The number of carbonyl (C=O) groups is 2. The molecule has 1 atom stereocenters. The van der Waals surface area contributed by atoms with E-state index in [-0.39, 0.29) is 31.6 Å². The first-order valence-electron chi connectivity index (χ1n) is 8.87. The van der Waals surface area contributed by atoms with Crippen LogP contribution in [0.1, 0.15) is 39.7 Å². The predicted octanol–water partition coefficient (Wildman–Crippen LogP) is 3.11. The van der Waals surface area contributed by atoms with Crippen LogP contribution in [0, 0.1) is 11.6 Å². The third-order valence-electron chi connectivity index (χ3n) is 3.83. The molecule has 1 aromatic carbocycles. The number of alkyl carbamates (subject to hydrolysis) is 1. The summed E-state index contributed by atoms with van der Waals surface area (Å²) in [6.07, 6.45) is -0.966. The van der Waals surface area contributed by atoms with Gasteiger partial charge in [0.05, 0.1) is 18.9 Å². The van der Waals surface area contributed by atoms with Crippen molar-refractivity contribution < 1.29 is 32.7 Å². The molecule has 0 saturated carbocycles. The molecule has 0 fully saturated rings. The molecule has 0 aliphatic carbocycles. The first-order chi connectivity index (χ1) is 13.1. The van der Waals surface area contributed by atoms with Crippen molar-refractivity contribution in [2.75, 3.05) is 13.2 Å². The summed E-state index contributed by atoms with van der Waals surface area (Å²) in [6.45, 7) is 6.85. The number of nitrogens with one attached hydrogen (secondary N) is 1. The summed E-state index contributed by atoms with van der Waals surface area (Å²) in [7, 11) is 0. The molecule has 0 radical (unpaired) electrons. The number of benzene rings is 1. The van der Waals surface area contributed by atoms with E-state index in [1.165, 1.54) is 12.1 Å². The summed E-state index contributed by atoms with van der Waals surface area (Å²) in [4.78, 5) is 29.6. The highest BCUT2D eigenvalue weighted by molar-refractivity contribution is 5.96. The van der Waals surface area contributed by atoms with Crippen molar-refractivity contribution in [3.63, 3.8) is 0 Å². The van der Waals surface area contributed by atoms with Crippen molar-refractivity contribution in [1.29, 1.82) is 0 Å². The van der Waals surface area contributed by atoms with Gasteiger partial charge in [-0.15, -0.1) is 0 Å². The Bertz CT molecular complexity index is 776. The lowest BCUT2D eigenvalue weighted by Crippen LogP contribution is -2.44. The molecule has 7 nitrogen and oxygen atoms in total. The van der Waals surface area contributed by atoms with Gasteiger partial charge in [-0.3, -0.25) is 0 Å². The maximum Gasteiger partial charge on any atom is 0.407 e. The van der Waals surface area contributed by atoms with E-state index in [9.17, 15) is 18.4 Å². The van der Waals surface area contributed by atoms with Gasteiger partial charge in [0.1, 0.15) is 5.60 Å². The minimum Gasteiger partial charge on any atom is -0.463 e. The lowest BCUT2D eigenvalue weighted by atomic mass is 9.89. The summed E-state index contributed by atoms with van der Waals surface area (Å²) in [5.74, 6) is -2.83. The molecule has 0 saturated heterocycles. The van der Waals surface area contributed by atoms with Crippen molar-refractivity contribution in [2.45, 2.75) is 51.7 Å². The maximum atomic E-state index is 14.1. The normalized spacial score (nSPS) is 18.9. The third-order valence-corrected chi connectivity index (χ3v) is 3.83. The predicted molar refractivity (Wildman–Crippen MR) is 96.8 cm³/mol. The highest BCUT2D eigenvalue weighted by Gasteiger charge is 2.48. The van der Waals surface area contributed by atoms with Crippen LogP contribution < -0.4 is 5.32 Å². The van der Waals surface area contributed by atoms with Crippen LogP contribution in [0.15, 0.2) is 23.4 Å². The van der Waals surface area contributed by atoms with E-state index < -0.39 is 34.9 Å². The van der Waals surface area contributed by atoms with E-state index in [2.05, 4.69) is 10.5 Å². The molecule has 2 rings (SSSR count). The molecule has 0 bridgehead atoms. The average Bonchev–Trinajstić information content (AvgIpc) is 3.00. The number of esters is 1. The minimum atomic E-state index is -1.63. The molecule has 1 N–H and O–H groups in total. The molecule has 1 aliphatic heterocycles. The maximum absolute atomic E-state index is 14.1. The van der Waals surface area contributed by atoms with Crippen molar-refractivity contribution in [1.82, 2.24) is 5.32 Å². The number of hydrogen-bond acceptors (Lipinski definition) is 6. The van der Waals surface area contributed by atoms with Gasteiger partial charge in [-0.1, -0.05) is 17.3 Å². The SMILES string of the molecule is CCOC(=O)C1(Cc2cccc(F)c2F)CC(CNC(=O)OC(C)(C)C)=NO1. The van der Waals surface area contributed by atoms with E-state index in [0.29, 0.717) is 5.71 Å². The second-order valence-corrected chi connectivity index (χ2v) is 7.39. The van der Waals surface area contributed by atoms with Crippen LogP contribution in [0.5, 0.6) is 0 Å². The average molecular weight is 398 g/mol. The summed E-state index contributed by atoms with van der Waals surface area (Å²) in [5, 5.41) is 6.35. The van der Waals surface area contributed by atoms with E-state index in [1.54, 1.807) is 27.7 Å². The second-order valence-electron chi connectivity index (χ2n) is 7.39. The lowest BCUT2D eigenvalue weighted by molar-refractivity contribution is -0.169. The molecule has 1 heterocycles. The van der Waals surface area contributed by atoms with E-state index in [1.807, 2.05) is 0 Å². The van der Waals surface area contributed by atoms with Gasteiger partial charge in [-0.2, -0.15) is 0 Å². The second kappa shape index (κ2) is 8.53. The van der Waals surface area contributed by atoms with Crippen molar-refractivity contribution in [3.05, 3.63) is 35.4 Å². The Morgan fingerprint density at radius 3 is 2.68 bits per heavy atom.